The van der Waals surface area contributed by atoms with E-state index in [9.17, 15) is 13.5 Å². The third-order valence-corrected chi connectivity index (χ3v) is 4.53. The van der Waals surface area contributed by atoms with Crippen molar-refractivity contribution in [1.82, 2.24) is 0 Å². The maximum absolute atomic E-state index is 11.6. The normalized spacial score (nSPS) is 12.2. The van der Waals surface area contributed by atoms with Crippen LogP contribution in [0.3, 0.4) is 0 Å². The maximum atomic E-state index is 11.6. The summed E-state index contributed by atoms with van der Waals surface area (Å²) in [6, 6.07) is 0. The molecule has 0 aliphatic heterocycles. The summed E-state index contributed by atoms with van der Waals surface area (Å²) in [7, 11) is -4.34. The number of nitrogens with zero attached hydrogens (tertiary/aromatic N) is 1. The van der Waals surface area contributed by atoms with Crippen LogP contribution in [0.2, 0.25) is 0 Å². The number of rotatable bonds is 18. The minimum atomic E-state index is -4.34. The van der Waals surface area contributed by atoms with Crippen LogP contribution in [0.1, 0.15) is 96.8 Å². The van der Waals surface area contributed by atoms with Gasteiger partial charge in [-0.25, -0.2) is 4.18 Å². The van der Waals surface area contributed by atoms with Crippen LogP contribution < -0.4 is 34.7 Å². The van der Waals surface area contributed by atoms with Crippen molar-refractivity contribution in [2.24, 2.45) is 4.99 Å². The fourth-order valence-electron chi connectivity index (χ4n) is 2.60. The van der Waals surface area contributed by atoms with Gasteiger partial charge >= 0.3 is 40.0 Å². The van der Waals surface area contributed by atoms with Crippen LogP contribution in [0.4, 0.5) is 0 Å². The molecule has 150 valence electrons. The van der Waals surface area contributed by atoms with Crippen molar-refractivity contribution in [2.45, 2.75) is 96.8 Å². The van der Waals surface area contributed by atoms with Gasteiger partial charge in [0.25, 0.3) is 0 Å². The first-order valence-corrected chi connectivity index (χ1v) is 11.1. The van der Waals surface area contributed by atoms with Crippen molar-refractivity contribution in [1.29, 1.82) is 0 Å². The molecule has 0 aromatic rings. The first-order chi connectivity index (χ1) is 12.0. The number of hydrogen-bond acceptors (Lipinski definition) is 5. The van der Waals surface area contributed by atoms with Gasteiger partial charge < -0.3 is 10.1 Å². The molecule has 6 nitrogen and oxygen atoms in total. The molecule has 26 heavy (non-hydrogen) atoms. The third-order valence-electron chi connectivity index (χ3n) is 4.07. The molecule has 8 heteroatoms. The Morgan fingerprint density at radius 3 is 1.92 bits per heavy atom. The van der Waals surface area contributed by atoms with Gasteiger partial charge in [-0.2, -0.15) is 8.42 Å². The quantitative estimate of drug-likeness (QED) is 0.122. The molecule has 0 atom stereocenters. The van der Waals surface area contributed by atoms with Crippen LogP contribution in [-0.4, -0.2) is 32.0 Å². The Balaban J connectivity index is 0. The van der Waals surface area contributed by atoms with Crippen molar-refractivity contribution in [3.63, 3.8) is 0 Å². The molecule has 1 N–H and O–H groups in total. The predicted molar refractivity (Wildman–Crippen MR) is 100 cm³/mol. The third kappa shape index (κ3) is 24.3. The molecule has 0 saturated carbocycles. The van der Waals surface area contributed by atoms with Crippen molar-refractivity contribution >= 4 is 16.3 Å². The largest absolute Gasteiger partial charge is 1.00 e. The Morgan fingerprint density at radius 2 is 1.38 bits per heavy atom. The summed E-state index contributed by atoms with van der Waals surface area (Å²) in [5, 5.41) is 11.6. The Labute approximate surface area is 182 Å². The number of unbranched alkanes of at least 4 members (excludes halogenated alkanes) is 11. The monoisotopic (exact) mass is 401 g/mol. The zero-order chi connectivity index (χ0) is 18.8. The molecule has 0 saturated heterocycles. The van der Waals surface area contributed by atoms with E-state index in [-0.39, 0.29) is 42.1 Å². The van der Waals surface area contributed by atoms with Crippen LogP contribution in [0, 0.1) is 0 Å². The van der Waals surface area contributed by atoms with Crippen molar-refractivity contribution in [3.8, 4) is 0 Å². The summed E-state index contributed by atoms with van der Waals surface area (Å²) in [5.41, 5.74) is 0. The van der Waals surface area contributed by atoms with Gasteiger partial charge in [0, 0.05) is 6.54 Å². The van der Waals surface area contributed by atoms with Crippen LogP contribution in [-0.2, 0) is 14.6 Å². The zero-order valence-electron chi connectivity index (χ0n) is 16.7. The molecular weight excluding hydrogens is 365 g/mol. The van der Waals surface area contributed by atoms with Gasteiger partial charge in [-0.15, -0.1) is 0 Å². The fourth-order valence-corrected chi connectivity index (χ4v) is 2.93. The van der Waals surface area contributed by atoms with Crippen molar-refractivity contribution < 1.29 is 51.8 Å². The molecule has 0 spiro atoms. The SMILES string of the molecule is CCCCCCCCCCCCN=C([O-])CCCCCOS(=O)(=O)O.[Na+]. The summed E-state index contributed by atoms with van der Waals surface area (Å²) in [5.74, 6) is -0.0772. The Bertz CT molecular complexity index is 429. The maximum Gasteiger partial charge on any atom is 1.00 e. The van der Waals surface area contributed by atoms with E-state index in [1.54, 1.807) is 0 Å². The molecule has 0 amide bonds. The molecule has 0 rings (SSSR count). The Hall–Kier alpha value is 0.340. The molecule has 0 aliphatic rings. The van der Waals surface area contributed by atoms with E-state index >= 15 is 0 Å². The molecule has 0 bridgehead atoms. The van der Waals surface area contributed by atoms with Gasteiger partial charge in [0.05, 0.1) is 6.61 Å². The van der Waals surface area contributed by atoms with E-state index in [2.05, 4.69) is 16.1 Å². The van der Waals surface area contributed by atoms with Gasteiger partial charge in [0.2, 0.25) is 0 Å². The molecule has 0 fully saturated rings. The predicted octanol–water partition coefficient (Wildman–Crippen LogP) is 1.05. The second-order valence-electron chi connectivity index (χ2n) is 6.52. The summed E-state index contributed by atoms with van der Waals surface area (Å²) in [4.78, 5) is 4.04. The molecule has 0 unspecified atom stereocenters. The van der Waals surface area contributed by atoms with E-state index in [0.29, 0.717) is 32.2 Å². The number of hydrogen-bond donors (Lipinski definition) is 1. The summed E-state index contributed by atoms with van der Waals surface area (Å²) >= 11 is 0. The smallest absolute Gasteiger partial charge is 0.862 e. The van der Waals surface area contributed by atoms with Gasteiger partial charge in [-0.3, -0.25) is 4.55 Å². The fraction of sp³-hybridized carbons (Fsp3) is 0.944. The second kappa shape index (κ2) is 20.1. The molecule has 0 radical (unpaired) electrons. The van der Waals surface area contributed by atoms with Gasteiger partial charge in [-0.1, -0.05) is 71.1 Å². The van der Waals surface area contributed by atoms with Crippen LogP contribution >= 0.6 is 0 Å². The minimum Gasteiger partial charge on any atom is -0.862 e. The van der Waals surface area contributed by atoms with Crippen LogP contribution in [0.15, 0.2) is 4.99 Å². The van der Waals surface area contributed by atoms with E-state index in [0.717, 1.165) is 12.8 Å². The van der Waals surface area contributed by atoms with E-state index < -0.39 is 10.4 Å². The molecule has 0 aromatic heterocycles. The first-order valence-electron chi connectivity index (χ1n) is 9.78. The average Bonchev–Trinajstić information content (AvgIpc) is 2.55. The molecular formula is C18H36NNaO5S. The topological polar surface area (TPSA) is 99.0 Å². The molecule has 0 heterocycles. The van der Waals surface area contributed by atoms with E-state index in [1.165, 1.54) is 51.4 Å². The van der Waals surface area contributed by atoms with Crippen LogP contribution in [0.5, 0.6) is 0 Å². The standard InChI is InChI=1S/C18H37NO5S.Na/c1-2-3-4-5-6-7-8-9-10-13-16-19-18(20)15-12-11-14-17-24-25(21,22)23;/h2-17H2,1H3,(H,19,20)(H,21,22,23);/q;+1/p-1. The van der Waals surface area contributed by atoms with Gasteiger partial charge in [-0.05, 0) is 31.6 Å². The van der Waals surface area contributed by atoms with E-state index in [4.69, 9.17) is 4.55 Å². The minimum absolute atomic E-state index is 0. The van der Waals surface area contributed by atoms with Gasteiger partial charge in [0.1, 0.15) is 0 Å². The van der Waals surface area contributed by atoms with Crippen molar-refractivity contribution in [2.75, 3.05) is 13.2 Å². The van der Waals surface area contributed by atoms with Gasteiger partial charge in [0.15, 0.2) is 0 Å². The van der Waals surface area contributed by atoms with E-state index in [1.807, 2.05) is 0 Å². The molecule has 0 aromatic carbocycles. The first kappa shape index (κ1) is 28.5. The second-order valence-corrected chi connectivity index (χ2v) is 7.61. The number of aliphatic imine (C=N–C) groups is 1. The summed E-state index contributed by atoms with van der Waals surface area (Å²) < 4.78 is 33.2. The zero-order valence-corrected chi connectivity index (χ0v) is 19.6. The average molecular weight is 402 g/mol. The van der Waals surface area contributed by atoms with Crippen molar-refractivity contribution in [3.05, 3.63) is 0 Å². The summed E-state index contributed by atoms with van der Waals surface area (Å²) in [6.45, 7) is 2.79. The Kier molecular flexibility index (Phi) is 22.1. The summed E-state index contributed by atoms with van der Waals surface area (Å²) in [6.07, 6.45) is 14.9. The Morgan fingerprint density at radius 1 is 0.885 bits per heavy atom. The van der Waals surface area contributed by atoms with Crippen LogP contribution in [0.25, 0.3) is 0 Å². The molecule has 0 aliphatic carbocycles.